The van der Waals surface area contributed by atoms with Gasteiger partial charge in [-0.1, -0.05) is 84.0 Å². The Morgan fingerprint density at radius 2 is 1.61 bits per heavy atom. The van der Waals surface area contributed by atoms with Gasteiger partial charge in [-0.05, 0) is 30.9 Å². The summed E-state index contributed by atoms with van der Waals surface area (Å²) in [5.74, 6) is -1.09. The minimum absolute atomic E-state index is 0.0523. The van der Waals surface area contributed by atoms with Crippen molar-refractivity contribution in [2.75, 3.05) is 13.2 Å². The summed E-state index contributed by atoms with van der Waals surface area (Å²) in [5.41, 5.74) is -0.0787. The zero-order valence-electron chi connectivity index (χ0n) is 21.6. The van der Waals surface area contributed by atoms with Crippen LogP contribution in [0.5, 0.6) is 11.5 Å². The van der Waals surface area contributed by atoms with Gasteiger partial charge < -0.3 is 9.47 Å². The minimum Gasteiger partial charge on any atom is -0.490 e. The fraction of sp³-hybridized carbons (Fsp3) is 0.655. The molecule has 1 aliphatic carbocycles. The van der Waals surface area contributed by atoms with E-state index >= 15 is 0 Å². The van der Waals surface area contributed by atoms with E-state index in [9.17, 15) is 13.2 Å². The first-order valence-corrected chi connectivity index (χ1v) is 13.8. The maximum Gasteiger partial charge on any atom is 0.201 e. The summed E-state index contributed by atoms with van der Waals surface area (Å²) in [4.78, 5) is 8.26. The van der Waals surface area contributed by atoms with E-state index in [2.05, 4.69) is 16.9 Å². The number of hydrogen-bond donors (Lipinski definition) is 0. The minimum atomic E-state index is -1.21. The summed E-state index contributed by atoms with van der Waals surface area (Å²) in [5, 5.41) is 0. The molecule has 1 saturated carbocycles. The lowest BCUT2D eigenvalue weighted by molar-refractivity contribution is 0.177. The molecule has 1 heterocycles. The molecule has 7 heteroatoms. The summed E-state index contributed by atoms with van der Waals surface area (Å²) < 4.78 is 54.0. The van der Waals surface area contributed by atoms with Crippen molar-refractivity contribution in [3.63, 3.8) is 0 Å². The molecule has 0 N–H and O–H groups in total. The van der Waals surface area contributed by atoms with Gasteiger partial charge in [-0.3, -0.25) is 0 Å². The maximum absolute atomic E-state index is 14.6. The molecule has 200 valence electrons. The van der Waals surface area contributed by atoms with E-state index in [-0.39, 0.29) is 23.7 Å². The molecule has 1 fully saturated rings. The molecule has 1 aromatic carbocycles. The van der Waals surface area contributed by atoms with Crippen LogP contribution in [0.1, 0.15) is 96.8 Å². The van der Waals surface area contributed by atoms with Gasteiger partial charge in [-0.15, -0.1) is 0 Å². The SMILES string of the molecule is CCCCCCC(F)COc1ccc(-c2ncc(OCCCCCCC3CCCC3)cn2)c(F)c1F. The lowest BCUT2D eigenvalue weighted by Crippen LogP contribution is -2.14. The molecule has 1 unspecified atom stereocenters. The zero-order chi connectivity index (χ0) is 25.6. The number of nitrogens with zero attached hydrogens (tertiary/aromatic N) is 2. The molecule has 1 aromatic heterocycles. The highest BCUT2D eigenvalue weighted by atomic mass is 19.2. The van der Waals surface area contributed by atoms with E-state index in [0.717, 1.165) is 44.4 Å². The highest BCUT2D eigenvalue weighted by Gasteiger charge is 2.19. The molecule has 0 bridgehead atoms. The van der Waals surface area contributed by atoms with Crippen LogP contribution in [0.3, 0.4) is 0 Å². The smallest absolute Gasteiger partial charge is 0.201 e. The van der Waals surface area contributed by atoms with E-state index in [4.69, 9.17) is 9.47 Å². The molecule has 2 aromatic rings. The van der Waals surface area contributed by atoms with Gasteiger partial charge in [0, 0.05) is 0 Å². The number of rotatable bonds is 17. The number of halogens is 3. The Labute approximate surface area is 214 Å². The van der Waals surface area contributed by atoms with Crippen LogP contribution in [0.2, 0.25) is 0 Å². The largest absolute Gasteiger partial charge is 0.490 e. The average Bonchev–Trinajstić information content (AvgIpc) is 3.41. The van der Waals surface area contributed by atoms with Crippen molar-refractivity contribution in [3.05, 3.63) is 36.2 Å². The molecule has 3 rings (SSSR count). The molecule has 0 aliphatic heterocycles. The van der Waals surface area contributed by atoms with Crippen molar-refractivity contribution in [1.82, 2.24) is 9.97 Å². The third kappa shape index (κ3) is 9.29. The van der Waals surface area contributed by atoms with E-state index in [1.165, 1.54) is 69.5 Å². The van der Waals surface area contributed by atoms with Gasteiger partial charge in [-0.25, -0.2) is 18.7 Å². The van der Waals surface area contributed by atoms with E-state index in [1.807, 2.05) is 0 Å². The summed E-state index contributed by atoms with van der Waals surface area (Å²) in [6, 6.07) is 2.64. The van der Waals surface area contributed by atoms with E-state index in [1.54, 1.807) is 0 Å². The normalized spacial score (nSPS) is 14.8. The third-order valence-electron chi connectivity index (χ3n) is 6.96. The molecule has 4 nitrogen and oxygen atoms in total. The van der Waals surface area contributed by atoms with Crippen LogP contribution in [0.4, 0.5) is 13.2 Å². The van der Waals surface area contributed by atoms with Crippen LogP contribution in [-0.2, 0) is 0 Å². The fourth-order valence-corrected chi connectivity index (χ4v) is 4.78. The van der Waals surface area contributed by atoms with Gasteiger partial charge in [0.15, 0.2) is 23.1 Å². The molecular formula is C29H41F3N2O2. The second-order valence-corrected chi connectivity index (χ2v) is 9.94. The first-order chi connectivity index (χ1) is 17.6. The number of ether oxygens (including phenoxy) is 2. The number of alkyl halides is 1. The highest BCUT2D eigenvalue weighted by Crippen LogP contribution is 2.30. The molecule has 36 heavy (non-hydrogen) atoms. The second-order valence-electron chi connectivity index (χ2n) is 9.94. The molecule has 1 aliphatic rings. The lowest BCUT2D eigenvalue weighted by atomic mass is 9.99. The molecular weight excluding hydrogens is 465 g/mol. The Balaban J connectivity index is 1.39. The standard InChI is InChI=1S/C29H41F3N2O2/c1-2-3-4-8-15-23(30)21-36-26-17-16-25(27(31)28(26)32)29-33-19-24(20-34-29)35-18-11-6-5-7-12-22-13-9-10-14-22/h16-17,19-20,22-23H,2-15,18,21H2,1H3. The van der Waals surface area contributed by atoms with Crippen LogP contribution in [0.15, 0.2) is 24.5 Å². The van der Waals surface area contributed by atoms with Gasteiger partial charge in [0.05, 0.1) is 24.6 Å². The molecule has 1 atom stereocenters. The number of unbranched alkanes of at least 4 members (excludes halogenated alkanes) is 6. The van der Waals surface area contributed by atoms with Crippen molar-refractivity contribution in [2.24, 2.45) is 5.92 Å². The first-order valence-electron chi connectivity index (χ1n) is 13.8. The van der Waals surface area contributed by atoms with Gasteiger partial charge in [0.1, 0.15) is 12.8 Å². The Kier molecular flexibility index (Phi) is 12.3. The Bertz CT molecular complexity index is 889. The van der Waals surface area contributed by atoms with Crippen LogP contribution in [0.25, 0.3) is 11.4 Å². The summed E-state index contributed by atoms with van der Waals surface area (Å²) in [7, 11) is 0. The van der Waals surface area contributed by atoms with Crippen molar-refractivity contribution in [2.45, 2.75) is 103 Å². The predicted octanol–water partition coefficient (Wildman–Crippen LogP) is 8.63. The van der Waals surface area contributed by atoms with Crippen molar-refractivity contribution >= 4 is 0 Å². The van der Waals surface area contributed by atoms with Gasteiger partial charge in [0.25, 0.3) is 0 Å². The first kappa shape index (κ1) is 28.3. The number of hydrogen-bond acceptors (Lipinski definition) is 4. The fourth-order valence-electron chi connectivity index (χ4n) is 4.78. The van der Waals surface area contributed by atoms with E-state index < -0.39 is 17.8 Å². The number of aromatic nitrogens is 2. The van der Waals surface area contributed by atoms with Crippen molar-refractivity contribution in [1.29, 1.82) is 0 Å². The van der Waals surface area contributed by atoms with Gasteiger partial charge in [-0.2, -0.15) is 4.39 Å². The lowest BCUT2D eigenvalue weighted by Gasteiger charge is -2.12. The average molecular weight is 507 g/mol. The highest BCUT2D eigenvalue weighted by molar-refractivity contribution is 5.57. The Hall–Kier alpha value is -2.31. The maximum atomic E-state index is 14.6. The van der Waals surface area contributed by atoms with Crippen molar-refractivity contribution in [3.8, 4) is 22.9 Å². The van der Waals surface area contributed by atoms with E-state index in [0.29, 0.717) is 18.8 Å². The Morgan fingerprint density at radius 3 is 2.36 bits per heavy atom. The van der Waals surface area contributed by atoms with Crippen molar-refractivity contribution < 1.29 is 22.6 Å². The van der Waals surface area contributed by atoms with Crippen LogP contribution in [0, 0.1) is 17.6 Å². The zero-order valence-corrected chi connectivity index (χ0v) is 21.6. The van der Waals surface area contributed by atoms with Gasteiger partial charge in [0.2, 0.25) is 5.82 Å². The molecule has 0 saturated heterocycles. The topological polar surface area (TPSA) is 44.2 Å². The molecule has 0 spiro atoms. The summed E-state index contributed by atoms with van der Waals surface area (Å²) in [6.07, 6.45) is 17.5. The third-order valence-corrected chi connectivity index (χ3v) is 6.96. The molecule has 0 amide bonds. The second kappa shape index (κ2) is 15.7. The predicted molar refractivity (Wildman–Crippen MR) is 137 cm³/mol. The van der Waals surface area contributed by atoms with Crippen LogP contribution >= 0.6 is 0 Å². The van der Waals surface area contributed by atoms with Crippen LogP contribution in [-0.4, -0.2) is 29.4 Å². The summed E-state index contributed by atoms with van der Waals surface area (Å²) >= 11 is 0. The number of benzene rings is 1. The monoisotopic (exact) mass is 506 g/mol. The quantitative estimate of drug-likeness (QED) is 0.201. The summed E-state index contributed by atoms with van der Waals surface area (Å²) in [6.45, 7) is 2.37. The van der Waals surface area contributed by atoms with Gasteiger partial charge >= 0.3 is 0 Å². The molecule has 0 radical (unpaired) electrons. The van der Waals surface area contributed by atoms with Crippen LogP contribution < -0.4 is 9.47 Å². The Morgan fingerprint density at radius 1 is 0.889 bits per heavy atom.